The number of hydrogen-bond acceptors (Lipinski definition) is 5. The Balaban J connectivity index is 2.17. The van der Waals surface area contributed by atoms with Gasteiger partial charge in [-0.3, -0.25) is 14.9 Å². The van der Waals surface area contributed by atoms with Gasteiger partial charge in [0.15, 0.2) is 0 Å². The molecule has 2 N–H and O–H groups in total. The molecule has 1 amide bonds. The van der Waals surface area contributed by atoms with Crippen molar-refractivity contribution in [1.29, 1.82) is 0 Å². The minimum Gasteiger partial charge on any atom is -0.506 e. The predicted molar refractivity (Wildman–Crippen MR) is 91.7 cm³/mol. The SMILES string of the molecule is O=C(NN=Cc1cc([N+](=O)[O-])cc(Br)c1O)c1cccc(Br)c1. The summed E-state index contributed by atoms with van der Waals surface area (Å²) in [5.41, 5.74) is 2.56. The lowest BCUT2D eigenvalue weighted by atomic mass is 10.2. The van der Waals surface area contributed by atoms with Crippen molar-refractivity contribution in [3.05, 3.63) is 66.6 Å². The van der Waals surface area contributed by atoms with E-state index < -0.39 is 10.8 Å². The van der Waals surface area contributed by atoms with Crippen LogP contribution in [0.5, 0.6) is 5.75 Å². The van der Waals surface area contributed by atoms with Gasteiger partial charge in [-0.15, -0.1) is 0 Å². The Morgan fingerprint density at radius 1 is 1.30 bits per heavy atom. The standard InChI is InChI=1S/C14H9Br2N3O4/c15-10-3-1-2-8(4-10)14(21)18-17-7-9-5-11(19(22)23)6-12(16)13(9)20/h1-7,20H,(H,18,21). The summed E-state index contributed by atoms with van der Waals surface area (Å²) in [4.78, 5) is 22.1. The fourth-order valence-electron chi connectivity index (χ4n) is 1.66. The van der Waals surface area contributed by atoms with Crippen LogP contribution in [0.2, 0.25) is 0 Å². The number of carbonyl (C=O) groups excluding carboxylic acids is 1. The first-order valence-corrected chi connectivity index (χ1v) is 7.73. The van der Waals surface area contributed by atoms with Crippen LogP contribution in [-0.2, 0) is 0 Å². The van der Waals surface area contributed by atoms with Gasteiger partial charge >= 0.3 is 0 Å². The van der Waals surface area contributed by atoms with Crippen LogP contribution in [0.3, 0.4) is 0 Å². The number of carbonyl (C=O) groups is 1. The van der Waals surface area contributed by atoms with Crippen LogP contribution in [0.25, 0.3) is 0 Å². The molecule has 23 heavy (non-hydrogen) atoms. The van der Waals surface area contributed by atoms with Gasteiger partial charge in [0.25, 0.3) is 11.6 Å². The molecule has 0 heterocycles. The zero-order chi connectivity index (χ0) is 17.0. The second-order valence-electron chi connectivity index (χ2n) is 4.33. The number of hydrazone groups is 1. The Morgan fingerprint density at radius 3 is 2.70 bits per heavy atom. The van der Waals surface area contributed by atoms with E-state index >= 15 is 0 Å². The van der Waals surface area contributed by atoms with Crippen molar-refractivity contribution in [3.63, 3.8) is 0 Å². The van der Waals surface area contributed by atoms with E-state index in [1.54, 1.807) is 24.3 Å². The second-order valence-corrected chi connectivity index (χ2v) is 6.10. The topological polar surface area (TPSA) is 105 Å². The molecule has 0 aromatic heterocycles. The molecular formula is C14H9Br2N3O4. The average Bonchev–Trinajstić information content (AvgIpc) is 2.50. The molecular weight excluding hydrogens is 434 g/mol. The van der Waals surface area contributed by atoms with Gasteiger partial charge in [-0.25, -0.2) is 5.43 Å². The van der Waals surface area contributed by atoms with E-state index in [0.29, 0.717) is 5.56 Å². The van der Waals surface area contributed by atoms with Gasteiger partial charge in [0.2, 0.25) is 0 Å². The van der Waals surface area contributed by atoms with Crippen molar-refractivity contribution in [2.24, 2.45) is 5.10 Å². The van der Waals surface area contributed by atoms with Crippen molar-refractivity contribution in [2.45, 2.75) is 0 Å². The molecule has 0 aliphatic carbocycles. The molecule has 0 spiro atoms. The highest BCUT2D eigenvalue weighted by Gasteiger charge is 2.13. The maximum atomic E-state index is 11.9. The van der Waals surface area contributed by atoms with E-state index in [1.807, 2.05) is 0 Å². The monoisotopic (exact) mass is 441 g/mol. The summed E-state index contributed by atoms with van der Waals surface area (Å²) >= 11 is 6.28. The van der Waals surface area contributed by atoms with Crippen LogP contribution in [0.15, 0.2) is 50.4 Å². The highest BCUT2D eigenvalue weighted by Crippen LogP contribution is 2.31. The molecule has 118 valence electrons. The Kier molecular flexibility index (Phi) is 5.45. The summed E-state index contributed by atoms with van der Waals surface area (Å²) < 4.78 is 0.904. The zero-order valence-corrected chi connectivity index (χ0v) is 14.5. The lowest BCUT2D eigenvalue weighted by molar-refractivity contribution is -0.385. The zero-order valence-electron chi connectivity index (χ0n) is 11.4. The second kappa shape index (κ2) is 7.34. The van der Waals surface area contributed by atoms with E-state index in [-0.39, 0.29) is 21.5 Å². The van der Waals surface area contributed by atoms with E-state index in [0.717, 1.165) is 16.8 Å². The normalized spacial score (nSPS) is 10.7. The number of phenols is 1. The van der Waals surface area contributed by atoms with Crippen LogP contribution < -0.4 is 5.43 Å². The lowest BCUT2D eigenvalue weighted by Gasteiger charge is -2.03. The third-order valence-corrected chi connectivity index (χ3v) is 3.84. The molecule has 0 saturated carbocycles. The molecule has 0 radical (unpaired) electrons. The van der Waals surface area contributed by atoms with Gasteiger partial charge in [-0.2, -0.15) is 5.10 Å². The average molecular weight is 443 g/mol. The summed E-state index contributed by atoms with van der Waals surface area (Å²) in [6, 6.07) is 9.02. The molecule has 0 atom stereocenters. The van der Waals surface area contributed by atoms with Gasteiger partial charge in [-0.1, -0.05) is 22.0 Å². The summed E-state index contributed by atoms with van der Waals surface area (Å²) in [7, 11) is 0. The number of nitrogens with one attached hydrogen (secondary N) is 1. The molecule has 0 fully saturated rings. The third-order valence-electron chi connectivity index (χ3n) is 2.75. The molecule has 7 nitrogen and oxygen atoms in total. The van der Waals surface area contributed by atoms with Crippen LogP contribution in [0.4, 0.5) is 5.69 Å². The van der Waals surface area contributed by atoms with E-state index in [1.165, 1.54) is 6.07 Å². The molecule has 2 aromatic carbocycles. The number of rotatable bonds is 4. The van der Waals surface area contributed by atoms with Gasteiger partial charge in [-0.05, 0) is 34.1 Å². The Bertz CT molecular complexity index is 809. The van der Waals surface area contributed by atoms with Crippen molar-refractivity contribution >= 4 is 49.7 Å². The molecule has 0 unspecified atom stereocenters. The van der Waals surface area contributed by atoms with Crippen LogP contribution in [-0.4, -0.2) is 22.2 Å². The maximum Gasteiger partial charge on any atom is 0.271 e. The fraction of sp³-hybridized carbons (Fsp3) is 0. The number of amides is 1. The Hall–Kier alpha value is -2.26. The smallest absolute Gasteiger partial charge is 0.271 e. The van der Waals surface area contributed by atoms with Crippen molar-refractivity contribution in [1.82, 2.24) is 5.43 Å². The van der Waals surface area contributed by atoms with Gasteiger partial charge in [0.05, 0.1) is 15.6 Å². The van der Waals surface area contributed by atoms with Crippen molar-refractivity contribution < 1.29 is 14.8 Å². The summed E-state index contributed by atoms with van der Waals surface area (Å²) in [5.74, 6) is -0.664. The molecule has 2 rings (SSSR count). The number of nitro benzene ring substituents is 1. The third kappa shape index (κ3) is 4.36. The number of nitrogens with zero attached hydrogens (tertiary/aromatic N) is 2. The van der Waals surface area contributed by atoms with Gasteiger partial charge in [0, 0.05) is 27.7 Å². The Labute approximate surface area is 147 Å². The summed E-state index contributed by atoms with van der Waals surface area (Å²) in [6.45, 7) is 0. The van der Waals surface area contributed by atoms with E-state index in [2.05, 4.69) is 42.4 Å². The van der Waals surface area contributed by atoms with Gasteiger partial charge < -0.3 is 5.11 Å². The highest BCUT2D eigenvalue weighted by atomic mass is 79.9. The van der Waals surface area contributed by atoms with Crippen molar-refractivity contribution in [2.75, 3.05) is 0 Å². The number of halogens is 2. The first kappa shape index (κ1) is 17.1. The first-order valence-electron chi connectivity index (χ1n) is 6.14. The number of benzene rings is 2. The molecule has 0 bridgehead atoms. The number of hydrogen-bond donors (Lipinski definition) is 2. The molecule has 2 aromatic rings. The van der Waals surface area contributed by atoms with E-state index in [9.17, 15) is 20.0 Å². The largest absolute Gasteiger partial charge is 0.506 e. The number of nitro groups is 1. The highest BCUT2D eigenvalue weighted by molar-refractivity contribution is 9.10. The number of phenolic OH excluding ortho intramolecular Hbond substituents is 1. The Morgan fingerprint density at radius 2 is 2.04 bits per heavy atom. The minimum atomic E-state index is -0.596. The van der Waals surface area contributed by atoms with Crippen LogP contribution in [0, 0.1) is 10.1 Å². The van der Waals surface area contributed by atoms with E-state index in [4.69, 9.17) is 0 Å². The molecule has 0 aliphatic heterocycles. The number of aromatic hydroxyl groups is 1. The maximum absolute atomic E-state index is 11.9. The van der Waals surface area contributed by atoms with Gasteiger partial charge in [0.1, 0.15) is 5.75 Å². The lowest BCUT2D eigenvalue weighted by Crippen LogP contribution is -2.17. The minimum absolute atomic E-state index is 0.0978. The molecule has 9 heteroatoms. The summed E-state index contributed by atoms with van der Waals surface area (Å²) in [5, 5.41) is 24.3. The van der Waals surface area contributed by atoms with Crippen LogP contribution in [0.1, 0.15) is 15.9 Å². The summed E-state index contributed by atoms with van der Waals surface area (Å²) in [6.07, 6.45) is 1.13. The quantitative estimate of drug-likeness (QED) is 0.428. The molecule has 0 aliphatic rings. The van der Waals surface area contributed by atoms with Crippen molar-refractivity contribution in [3.8, 4) is 5.75 Å². The fourth-order valence-corrected chi connectivity index (χ4v) is 2.53. The first-order chi connectivity index (χ1) is 10.9. The predicted octanol–water partition coefficient (Wildman–Crippen LogP) is 3.59. The molecule has 0 saturated heterocycles. The number of non-ortho nitro benzene ring substituents is 1. The van der Waals surface area contributed by atoms with Crippen LogP contribution >= 0.6 is 31.9 Å².